The van der Waals surface area contributed by atoms with Gasteiger partial charge in [-0.05, 0) is 13.3 Å². The van der Waals surface area contributed by atoms with E-state index in [2.05, 4.69) is 29.4 Å². The summed E-state index contributed by atoms with van der Waals surface area (Å²) in [5, 5.41) is 5.45. The Morgan fingerprint density at radius 2 is 2.09 bits per heavy atom. The number of hydrogen-bond donors (Lipinski definition) is 2. The molecule has 0 radical (unpaired) electrons. The van der Waals surface area contributed by atoms with E-state index in [1.807, 2.05) is 0 Å². The highest BCUT2D eigenvalue weighted by Crippen LogP contribution is 2.01. The van der Waals surface area contributed by atoms with Gasteiger partial charge in [-0.3, -0.25) is 4.90 Å². The molecule has 11 heavy (non-hydrogen) atoms. The minimum Gasteiger partial charge on any atom is -0.325 e. The first-order chi connectivity index (χ1) is 5.24. The lowest BCUT2D eigenvalue weighted by Crippen LogP contribution is -2.56. The highest BCUT2D eigenvalue weighted by Gasteiger charge is 2.17. The van der Waals surface area contributed by atoms with Crippen LogP contribution in [0.15, 0.2) is 0 Å². The number of rotatable bonds is 2. The van der Waals surface area contributed by atoms with Crippen molar-refractivity contribution in [3.05, 3.63) is 0 Å². The smallest absolute Gasteiger partial charge is 0.316 e. The first-order valence-electron chi connectivity index (χ1n) is 3.99. The summed E-state index contributed by atoms with van der Waals surface area (Å²) in [5.41, 5.74) is 0. The molecule has 0 bridgehead atoms. The number of urea groups is 1. The lowest BCUT2D eigenvalue weighted by Gasteiger charge is -2.32. The lowest BCUT2D eigenvalue weighted by molar-refractivity contribution is 0.147. The highest BCUT2D eigenvalue weighted by atomic mass is 16.2. The summed E-state index contributed by atoms with van der Waals surface area (Å²) in [6.45, 7) is 5.63. The molecule has 0 saturated carbocycles. The maximum atomic E-state index is 10.7. The zero-order valence-corrected chi connectivity index (χ0v) is 7.05. The van der Waals surface area contributed by atoms with Crippen LogP contribution >= 0.6 is 0 Å². The van der Waals surface area contributed by atoms with Gasteiger partial charge >= 0.3 is 6.03 Å². The van der Waals surface area contributed by atoms with Crippen molar-refractivity contribution in [2.45, 2.75) is 26.3 Å². The fourth-order valence-corrected chi connectivity index (χ4v) is 1.03. The first kappa shape index (κ1) is 8.33. The lowest BCUT2D eigenvalue weighted by atomic mass is 10.2. The van der Waals surface area contributed by atoms with Crippen LogP contribution < -0.4 is 10.6 Å². The van der Waals surface area contributed by atoms with Gasteiger partial charge in [0.05, 0.1) is 13.3 Å². The average Bonchev–Trinajstić information content (AvgIpc) is 2.05. The van der Waals surface area contributed by atoms with E-state index in [0.29, 0.717) is 19.4 Å². The molecule has 1 saturated heterocycles. The van der Waals surface area contributed by atoms with Gasteiger partial charge in [-0.25, -0.2) is 4.79 Å². The minimum absolute atomic E-state index is 0.0652. The summed E-state index contributed by atoms with van der Waals surface area (Å²) in [5.74, 6) is 0. The second kappa shape index (κ2) is 3.57. The standard InChI is InChI=1S/C7H15N3O/c1-3-6(2)10-4-8-7(11)9-5-10/h6H,3-5H2,1-2H3,(H2,8,9,11). The summed E-state index contributed by atoms with van der Waals surface area (Å²) in [6.07, 6.45) is 1.11. The third kappa shape index (κ3) is 2.08. The molecule has 0 aromatic rings. The van der Waals surface area contributed by atoms with Gasteiger partial charge in [0.2, 0.25) is 0 Å². The van der Waals surface area contributed by atoms with Crippen LogP contribution in [0.25, 0.3) is 0 Å². The SMILES string of the molecule is CCC(C)N1CNC(=O)NC1. The molecule has 1 aliphatic heterocycles. The van der Waals surface area contributed by atoms with Gasteiger partial charge in [-0.15, -0.1) is 0 Å². The molecule has 0 aromatic heterocycles. The van der Waals surface area contributed by atoms with Gasteiger partial charge in [-0.2, -0.15) is 0 Å². The summed E-state index contributed by atoms with van der Waals surface area (Å²) in [7, 11) is 0. The average molecular weight is 157 g/mol. The van der Waals surface area contributed by atoms with E-state index in [-0.39, 0.29) is 6.03 Å². The van der Waals surface area contributed by atoms with E-state index in [0.717, 1.165) is 6.42 Å². The Balaban J connectivity index is 2.32. The van der Waals surface area contributed by atoms with Crippen molar-refractivity contribution >= 4 is 6.03 Å². The van der Waals surface area contributed by atoms with Crippen LogP contribution in [0.5, 0.6) is 0 Å². The second-order valence-electron chi connectivity index (χ2n) is 2.84. The van der Waals surface area contributed by atoms with Crippen molar-refractivity contribution in [2.75, 3.05) is 13.3 Å². The number of hydrogen-bond acceptors (Lipinski definition) is 2. The maximum Gasteiger partial charge on any atom is 0.316 e. The second-order valence-corrected chi connectivity index (χ2v) is 2.84. The molecular weight excluding hydrogens is 142 g/mol. The van der Waals surface area contributed by atoms with Crippen molar-refractivity contribution in [3.8, 4) is 0 Å². The van der Waals surface area contributed by atoms with Gasteiger partial charge in [-0.1, -0.05) is 6.92 Å². The molecule has 0 aromatic carbocycles. The topological polar surface area (TPSA) is 44.4 Å². The number of carbonyl (C=O) groups is 1. The molecule has 1 heterocycles. The van der Waals surface area contributed by atoms with Gasteiger partial charge in [0.25, 0.3) is 0 Å². The van der Waals surface area contributed by atoms with Crippen molar-refractivity contribution in [1.82, 2.24) is 15.5 Å². The Labute approximate surface area is 66.9 Å². The predicted molar refractivity (Wildman–Crippen MR) is 43.0 cm³/mol. The Morgan fingerprint density at radius 1 is 1.55 bits per heavy atom. The van der Waals surface area contributed by atoms with Gasteiger partial charge in [0.1, 0.15) is 0 Å². The molecular formula is C7H15N3O. The monoisotopic (exact) mass is 157 g/mol. The largest absolute Gasteiger partial charge is 0.325 e. The Bertz CT molecular complexity index is 139. The summed E-state index contributed by atoms with van der Waals surface area (Å²) in [4.78, 5) is 12.9. The van der Waals surface area contributed by atoms with Crippen LogP contribution in [-0.4, -0.2) is 30.3 Å². The summed E-state index contributed by atoms with van der Waals surface area (Å²) >= 11 is 0. The number of nitrogens with zero attached hydrogens (tertiary/aromatic N) is 1. The van der Waals surface area contributed by atoms with E-state index in [9.17, 15) is 4.79 Å². The maximum absolute atomic E-state index is 10.7. The Morgan fingerprint density at radius 3 is 2.55 bits per heavy atom. The molecule has 2 N–H and O–H groups in total. The number of carbonyl (C=O) groups excluding carboxylic acids is 1. The molecule has 1 fully saturated rings. The quantitative estimate of drug-likeness (QED) is 0.606. The number of nitrogens with one attached hydrogen (secondary N) is 2. The van der Waals surface area contributed by atoms with Gasteiger partial charge in [0.15, 0.2) is 0 Å². The summed E-state index contributed by atoms with van der Waals surface area (Å²) < 4.78 is 0. The molecule has 64 valence electrons. The zero-order valence-electron chi connectivity index (χ0n) is 7.05. The first-order valence-corrected chi connectivity index (χ1v) is 3.99. The predicted octanol–water partition coefficient (Wildman–Crippen LogP) is 0.315. The van der Waals surface area contributed by atoms with Crippen LogP contribution in [0.2, 0.25) is 0 Å². The van der Waals surface area contributed by atoms with Gasteiger partial charge < -0.3 is 10.6 Å². The minimum atomic E-state index is -0.0652. The number of amides is 2. The van der Waals surface area contributed by atoms with Crippen molar-refractivity contribution in [2.24, 2.45) is 0 Å². The van der Waals surface area contributed by atoms with Crippen LogP contribution in [0.3, 0.4) is 0 Å². The Hall–Kier alpha value is -0.770. The molecule has 4 nitrogen and oxygen atoms in total. The fraction of sp³-hybridized carbons (Fsp3) is 0.857. The van der Waals surface area contributed by atoms with E-state index >= 15 is 0 Å². The van der Waals surface area contributed by atoms with Crippen LogP contribution in [-0.2, 0) is 0 Å². The van der Waals surface area contributed by atoms with Crippen LogP contribution in [0.4, 0.5) is 4.79 Å². The van der Waals surface area contributed by atoms with E-state index < -0.39 is 0 Å². The van der Waals surface area contributed by atoms with E-state index in [1.54, 1.807) is 0 Å². The zero-order chi connectivity index (χ0) is 8.27. The van der Waals surface area contributed by atoms with Crippen molar-refractivity contribution < 1.29 is 4.79 Å². The molecule has 1 unspecified atom stereocenters. The molecule has 4 heteroatoms. The van der Waals surface area contributed by atoms with Crippen LogP contribution in [0, 0.1) is 0 Å². The molecule has 0 aliphatic carbocycles. The molecule has 2 amide bonds. The summed E-state index contributed by atoms with van der Waals surface area (Å²) in [6, 6.07) is 0.465. The van der Waals surface area contributed by atoms with E-state index in [1.165, 1.54) is 0 Å². The molecule has 0 spiro atoms. The Kier molecular flexibility index (Phi) is 2.70. The molecule has 1 atom stereocenters. The fourth-order valence-electron chi connectivity index (χ4n) is 1.03. The van der Waals surface area contributed by atoms with Crippen molar-refractivity contribution in [3.63, 3.8) is 0 Å². The third-order valence-electron chi connectivity index (χ3n) is 2.10. The van der Waals surface area contributed by atoms with Crippen LogP contribution in [0.1, 0.15) is 20.3 Å². The third-order valence-corrected chi connectivity index (χ3v) is 2.10. The van der Waals surface area contributed by atoms with E-state index in [4.69, 9.17) is 0 Å². The highest BCUT2D eigenvalue weighted by molar-refractivity contribution is 5.74. The van der Waals surface area contributed by atoms with Gasteiger partial charge in [0, 0.05) is 6.04 Å². The molecule has 1 rings (SSSR count). The molecule has 1 aliphatic rings. The normalized spacial score (nSPS) is 22.2. The van der Waals surface area contributed by atoms with Crippen molar-refractivity contribution in [1.29, 1.82) is 0 Å².